The molecule has 0 saturated carbocycles. The molecule has 2 aromatic rings. The van der Waals surface area contributed by atoms with Gasteiger partial charge in [0.25, 0.3) is 0 Å². The number of para-hydroxylation sites is 2. The van der Waals surface area contributed by atoms with Gasteiger partial charge in [-0.05, 0) is 36.4 Å². The van der Waals surface area contributed by atoms with Crippen molar-refractivity contribution in [2.75, 3.05) is 42.0 Å². The molecular formula is C21H22N4O3S. The van der Waals surface area contributed by atoms with Crippen molar-refractivity contribution in [1.29, 1.82) is 0 Å². The van der Waals surface area contributed by atoms with E-state index < -0.39 is 11.8 Å². The molecular weight excluding hydrogens is 388 g/mol. The van der Waals surface area contributed by atoms with Gasteiger partial charge in [0.1, 0.15) is 5.75 Å². The molecule has 2 aliphatic rings. The number of nitrogens with two attached hydrogens (primary N) is 1. The Balaban J connectivity index is 1.42. The van der Waals surface area contributed by atoms with Crippen LogP contribution in [0.15, 0.2) is 59.1 Å². The number of anilines is 3. The van der Waals surface area contributed by atoms with Crippen LogP contribution in [0.5, 0.6) is 5.75 Å². The molecule has 7 nitrogen and oxygen atoms in total. The molecule has 0 radical (unpaired) electrons. The topological polar surface area (TPSA) is 87.9 Å². The van der Waals surface area contributed by atoms with Crippen molar-refractivity contribution >= 4 is 40.6 Å². The molecule has 2 heterocycles. The molecule has 0 atom stereocenters. The van der Waals surface area contributed by atoms with Gasteiger partial charge in [0.2, 0.25) is 0 Å². The number of amides is 2. The summed E-state index contributed by atoms with van der Waals surface area (Å²) in [6.07, 6.45) is 0.693. The van der Waals surface area contributed by atoms with Gasteiger partial charge in [-0.2, -0.15) is 0 Å². The van der Waals surface area contributed by atoms with Crippen LogP contribution in [0.2, 0.25) is 0 Å². The molecule has 0 bridgehead atoms. The van der Waals surface area contributed by atoms with Gasteiger partial charge in [0.05, 0.1) is 30.9 Å². The van der Waals surface area contributed by atoms with E-state index in [0.717, 1.165) is 22.2 Å². The second-order valence-corrected chi connectivity index (χ2v) is 7.83. The van der Waals surface area contributed by atoms with Crippen LogP contribution in [0.1, 0.15) is 6.42 Å². The minimum atomic E-state index is -0.633. The highest BCUT2D eigenvalue weighted by molar-refractivity contribution is 8.03. The number of hydrogen-bond donors (Lipinski definition) is 2. The van der Waals surface area contributed by atoms with E-state index in [1.54, 1.807) is 48.0 Å². The van der Waals surface area contributed by atoms with Gasteiger partial charge in [0.15, 0.2) is 0 Å². The van der Waals surface area contributed by atoms with Gasteiger partial charge in [0, 0.05) is 29.3 Å². The highest BCUT2D eigenvalue weighted by Crippen LogP contribution is 2.41. The summed E-state index contributed by atoms with van der Waals surface area (Å²) in [6, 6.07) is 14.7. The zero-order valence-corrected chi connectivity index (χ0v) is 16.9. The van der Waals surface area contributed by atoms with Crippen LogP contribution in [-0.2, 0) is 9.59 Å². The summed E-state index contributed by atoms with van der Waals surface area (Å²) in [4.78, 5) is 30.0. The Hall–Kier alpha value is -3.13. The van der Waals surface area contributed by atoms with E-state index in [9.17, 15) is 9.59 Å². The van der Waals surface area contributed by atoms with Crippen molar-refractivity contribution in [3.8, 4) is 5.75 Å². The summed E-state index contributed by atoms with van der Waals surface area (Å²) >= 11 is 1.69. The summed E-state index contributed by atoms with van der Waals surface area (Å²) in [6.45, 7) is 0.940. The van der Waals surface area contributed by atoms with E-state index in [4.69, 9.17) is 10.5 Å². The summed E-state index contributed by atoms with van der Waals surface area (Å²) in [5.74, 6) is 0.294. The fraction of sp³-hybridized carbons (Fsp3) is 0.238. The van der Waals surface area contributed by atoms with Crippen molar-refractivity contribution in [1.82, 2.24) is 4.90 Å². The molecule has 0 aliphatic carbocycles. The summed E-state index contributed by atoms with van der Waals surface area (Å²) in [7, 11) is 1.57. The molecule has 3 N–H and O–H groups in total. The van der Waals surface area contributed by atoms with E-state index >= 15 is 0 Å². The van der Waals surface area contributed by atoms with Crippen molar-refractivity contribution in [2.24, 2.45) is 0 Å². The quantitative estimate of drug-likeness (QED) is 0.598. The van der Waals surface area contributed by atoms with Gasteiger partial charge < -0.3 is 25.6 Å². The maximum absolute atomic E-state index is 12.6. The van der Waals surface area contributed by atoms with Crippen LogP contribution in [0.25, 0.3) is 0 Å². The Kier molecular flexibility index (Phi) is 5.35. The lowest BCUT2D eigenvalue weighted by molar-refractivity contribution is -0.142. The Labute approximate surface area is 173 Å². The third-order valence-corrected chi connectivity index (χ3v) is 6.13. The number of thioether (sulfide) groups is 1. The maximum atomic E-state index is 12.6. The minimum Gasteiger partial charge on any atom is -0.497 e. The zero-order chi connectivity index (χ0) is 20.4. The first kappa shape index (κ1) is 19.2. The van der Waals surface area contributed by atoms with Crippen molar-refractivity contribution in [2.45, 2.75) is 6.42 Å². The second kappa shape index (κ2) is 8.08. The SMILES string of the molecule is COc1ccc(NC(=O)C(=O)N2CCC3=C(C2)SCN3c2ccccc2N)cc1. The summed E-state index contributed by atoms with van der Waals surface area (Å²) in [5.41, 5.74) is 9.60. The lowest BCUT2D eigenvalue weighted by Gasteiger charge is -2.30. The molecule has 0 spiro atoms. The molecule has 4 rings (SSSR count). The van der Waals surface area contributed by atoms with Crippen molar-refractivity contribution in [3.05, 3.63) is 59.1 Å². The number of nitrogen functional groups attached to an aromatic ring is 1. The lowest BCUT2D eigenvalue weighted by Crippen LogP contribution is -2.43. The average molecular weight is 410 g/mol. The standard InChI is InChI=1S/C21H22N4O3S/c1-28-15-8-6-14(7-9-15)23-20(26)21(27)24-11-10-18-19(12-24)29-13-25(18)17-5-3-2-4-16(17)22/h2-9H,10-13,22H2,1H3,(H,23,26). The number of carbonyl (C=O) groups excluding carboxylic acids is 2. The predicted molar refractivity (Wildman–Crippen MR) is 116 cm³/mol. The molecule has 150 valence electrons. The van der Waals surface area contributed by atoms with Crippen molar-refractivity contribution < 1.29 is 14.3 Å². The fourth-order valence-electron chi connectivity index (χ4n) is 3.48. The third-order valence-electron chi connectivity index (χ3n) is 5.03. The van der Waals surface area contributed by atoms with E-state index in [1.807, 2.05) is 24.3 Å². The smallest absolute Gasteiger partial charge is 0.313 e. The lowest BCUT2D eigenvalue weighted by atomic mass is 10.1. The zero-order valence-electron chi connectivity index (χ0n) is 16.1. The Morgan fingerprint density at radius 1 is 1.14 bits per heavy atom. The molecule has 2 amide bonds. The molecule has 2 aliphatic heterocycles. The Morgan fingerprint density at radius 3 is 2.62 bits per heavy atom. The fourth-order valence-corrected chi connectivity index (χ4v) is 4.69. The number of rotatable bonds is 3. The monoisotopic (exact) mass is 410 g/mol. The number of carbonyl (C=O) groups is 2. The number of methoxy groups -OCH3 is 1. The first-order valence-electron chi connectivity index (χ1n) is 9.28. The van der Waals surface area contributed by atoms with Crippen LogP contribution >= 0.6 is 11.8 Å². The normalized spacial score (nSPS) is 15.9. The van der Waals surface area contributed by atoms with Gasteiger partial charge >= 0.3 is 11.8 Å². The van der Waals surface area contributed by atoms with E-state index in [1.165, 1.54) is 5.70 Å². The van der Waals surface area contributed by atoms with Crippen LogP contribution < -0.4 is 20.7 Å². The number of ether oxygens (including phenoxy) is 1. The van der Waals surface area contributed by atoms with E-state index in [-0.39, 0.29) is 0 Å². The van der Waals surface area contributed by atoms with Crippen LogP contribution in [0, 0.1) is 0 Å². The first-order valence-corrected chi connectivity index (χ1v) is 10.3. The number of benzene rings is 2. The first-order chi connectivity index (χ1) is 14.1. The van der Waals surface area contributed by atoms with Crippen LogP contribution in [-0.4, -0.2) is 42.8 Å². The number of nitrogens with zero attached hydrogens (tertiary/aromatic N) is 2. The predicted octanol–water partition coefficient (Wildman–Crippen LogP) is 2.87. The Bertz CT molecular complexity index is 974. The maximum Gasteiger partial charge on any atom is 0.313 e. The highest BCUT2D eigenvalue weighted by Gasteiger charge is 2.33. The van der Waals surface area contributed by atoms with Gasteiger partial charge in [-0.25, -0.2) is 0 Å². The molecule has 29 heavy (non-hydrogen) atoms. The highest BCUT2D eigenvalue weighted by atomic mass is 32.2. The number of nitrogens with one attached hydrogen (secondary N) is 1. The molecule has 2 aromatic carbocycles. The molecule has 8 heteroatoms. The van der Waals surface area contributed by atoms with Crippen LogP contribution in [0.3, 0.4) is 0 Å². The molecule has 0 aromatic heterocycles. The van der Waals surface area contributed by atoms with Gasteiger partial charge in [-0.3, -0.25) is 9.59 Å². The summed E-state index contributed by atoms with van der Waals surface area (Å²) < 4.78 is 5.10. The third kappa shape index (κ3) is 3.88. The van der Waals surface area contributed by atoms with E-state index in [2.05, 4.69) is 10.2 Å². The molecule has 0 saturated heterocycles. The van der Waals surface area contributed by atoms with E-state index in [0.29, 0.717) is 30.9 Å². The minimum absolute atomic E-state index is 0.443. The van der Waals surface area contributed by atoms with Gasteiger partial charge in [-0.1, -0.05) is 12.1 Å². The van der Waals surface area contributed by atoms with Crippen LogP contribution in [0.4, 0.5) is 17.1 Å². The van der Waals surface area contributed by atoms with Gasteiger partial charge in [-0.15, -0.1) is 11.8 Å². The van der Waals surface area contributed by atoms with Crippen molar-refractivity contribution in [3.63, 3.8) is 0 Å². The molecule has 0 fully saturated rings. The largest absolute Gasteiger partial charge is 0.497 e. The average Bonchev–Trinajstić information content (AvgIpc) is 3.17. The Morgan fingerprint density at radius 2 is 1.90 bits per heavy atom. The molecule has 0 unspecified atom stereocenters. The number of hydrogen-bond acceptors (Lipinski definition) is 6. The summed E-state index contributed by atoms with van der Waals surface area (Å²) in [5, 5.41) is 2.66. The second-order valence-electron chi connectivity index (χ2n) is 6.79.